The minimum Gasteiger partial charge on any atom is -0.497 e. The predicted molar refractivity (Wildman–Crippen MR) is 58.6 cm³/mol. The van der Waals surface area contributed by atoms with Gasteiger partial charge in [0.05, 0.1) is 12.7 Å². The van der Waals surface area contributed by atoms with Crippen LogP contribution >= 0.6 is 0 Å². The van der Waals surface area contributed by atoms with Crippen molar-refractivity contribution in [3.63, 3.8) is 0 Å². The van der Waals surface area contributed by atoms with E-state index in [1.807, 2.05) is 0 Å². The Hall–Kier alpha value is -2.53. The van der Waals surface area contributed by atoms with Gasteiger partial charge in [0.15, 0.2) is 0 Å². The Kier molecular flexibility index (Phi) is 2.93. The van der Waals surface area contributed by atoms with Crippen molar-refractivity contribution >= 4 is 5.71 Å². The Morgan fingerprint density at radius 2 is 2.06 bits per heavy atom. The van der Waals surface area contributed by atoms with Crippen LogP contribution in [0.1, 0.15) is 11.4 Å². The molecule has 0 N–H and O–H groups in total. The van der Waals surface area contributed by atoms with E-state index in [4.69, 9.17) is 10.3 Å². The van der Waals surface area contributed by atoms with Crippen LogP contribution in [0.4, 0.5) is 0 Å². The van der Waals surface area contributed by atoms with Gasteiger partial charge >= 0.3 is 5.71 Å². The zero-order valence-electron chi connectivity index (χ0n) is 9.40. The van der Waals surface area contributed by atoms with Crippen LogP contribution in [-0.2, 0) is 7.05 Å². The number of methoxy groups -OCH3 is 1. The van der Waals surface area contributed by atoms with Gasteiger partial charge in [-0.3, -0.25) is 0 Å². The van der Waals surface area contributed by atoms with Gasteiger partial charge in [-0.15, -0.1) is 5.10 Å². The van der Waals surface area contributed by atoms with Gasteiger partial charge in [0.2, 0.25) is 0 Å². The van der Waals surface area contributed by atoms with Crippen LogP contribution < -0.4 is 4.74 Å². The lowest BCUT2D eigenvalue weighted by atomic mass is 10.1. The normalized spacial score (nSPS) is 9.76. The molecule has 1 aromatic heterocycles. The van der Waals surface area contributed by atoms with Crippen molar-refractivity contribution < 1.29 is 9.53 Å². The number of tetrazole rings is 1. The van der Waals surface area contributed by atoms with Crippen molar-refractivity contribution in [2.75, 3.05) is 7.11 Å². The molecule has 2 rings (SSSR count). The molecule has 0 saturated carbocycles. The third kappa shape index (κ3) is 2.04. The molecule has 0 unspecified atom stereocenters. The Morgan fingerprint density at radius 1 is 1.35 bits per heavy atom. The fourth-order valence-corrected chi connectivity index (χ4v) is 1.41. The van der Waals surface area contributed by atoms with E-state index in [2.05, 4.69) is 20.3 Å². The SMILES string of the molecule is COc1ccc(C(=[N+]=[N-])c2nnnn2C)cc1. The van der Waals surface area contributed by atoms with Gasteiger partial charge in [0, 0.05) is 7.05 Å². The highest BCUT2D eigenvalue weighted by molar-refractivity contribution is 6.06. The highest BCUT2D eigenvalue weighted by Crippen LogP contribution is 2.13. The summed E-state index contributed by atoms with van der Waals surface area (Å²) < 4.78 is 6.48. The first-order valence-electron chi connectivity index (χ1n) is 4.85. The Morgan fingerprint density at radius 3 is 2.53 bits per heavy atom. The van der Waals surface area contributed by atoms with E-state index in [9.17, 15) is 0 Å². The lowest BCUT2D eigenvalue weighted by molar-refractivity contribution is -0.00375. The molecule has 0 bridgehead atoms. The molecule has 7 nitrogen and oxygen atoms in total. The number of hydrogen-bond donors (Lipinski definition) is 0. The average molecular weight is 230 g/mol. The molecule has 0 spiro atoms. The van der Waals surface area contributed by atoms with Crippen LogP contribution in [-0.4, -0.2) is 37.8 Å². The number of benzene rings is 1. The highest BCUT2D eigenvalue weighted by atomic mass is 16.5. The maximum atomic E-state index is 9.05. The molecular weight excluding hydrogens is 220 g/mol. The number of aromatic nitrogens is 4. The summed E-state index contributed by atoms with van der Waals surface area (Å²) in [5, 5.41) is 11.0. The lowest BCUT2D eigenvalue weighted by Gasteiger charge is -1.99. The Labute approximate surface area is 97.3 Å². The first-order chi connectivity index (χ1) is 8.26. The second kappa shape index (κ2) is 4.54. The summed E-state index contributed by atoms with van der Waals surface area (Å²) in [7, 11) is 3.26. The molecule has 0 saturated heterocycles. The summed E-state index contributed by atoms with van der Waals surface area (Å²) in [6.45, 7) is 0. The quantitative estimate of drug-likeness (QED) is 0.430. The lowest BCUT2D eigenvalue weighted by Crippen LogP contribution is -2.12. The van der Waals surface area contributed by atoms with E-state index >= 15 is 0 Å². The number of ether oxygens (including phenoxy) is 1. The van der Waals surface area contributed by atoms with Crippen LogP contribution in [0.3, 0.4) is 0 Å². The molecule has 1 aromatic carbocycles. The summed E-state index contributed by atoms with van der Waals surface area (Å²) in [6.07, 6.45) is 0. The smallest absolute Gasteiger partial charge is 0.368 e. The van der Waals surface area contributed by atoms with Crippen molar-refractivity contribution in [2.45, 2.75) is 0 Å². The van der Waals surface area contributed by atoms with Gasteiger partial charge in [-0.2, -0.15) is 4.79 Å². The Balaban J connectivity index is 2.44. The van der Waals surface area contributed by atoms with E-state index in [0.29, 0.717) is 17.1 Å². The topological polar surface area (TPSA) is 89.2 Å². The van der Waals surface area contributed by atoms with Crippen LogP contribution in [0.5, 0.6) is 5.75 Å². The monoisotopic (exact) mass is 230 g/mol. The zero-order chi connectivity index (χ0) is 12.3. The van der Waals surface area contributed by atoms with Crippen molar-refractivity contribution in [1.29, 1.82) is 0 Å². The molecule has 7 heteroatoms. The van der Waals surface area contributed by atoms with Crippen LogP contribution in [0.15, 0.2) is 24.3 Å². The number of nitrogens with zero attached hydrogens (tertiary/aromatic N) is 6. The molecule has 2 aromatic rings. The first-order valence-corrected chi connectivity index (χ1v) is 4.85. The summed E-state index contributed by atoms with van der Waals surface area (Å²) in [4.78, 5) is 3.23. The van der Waals surface area contributed by atoms with Crippen LogP contribution in [0.2, 0.25) is 0 Å². The van der Waals surface area contributed by atoms with E-state index in [1.165, 1.54) is 4.68 Å². The minimum atomic E-state index is 0.306. The molecule has 0 aliphatic rings. The van der Waals surface area contributed by atoms with Crippen molar-refractivity contribution in [2.24, 2.45) is 7.05 Å². The average Bonchev–Trinajstić information content (AvgIpc) is 2.78. The number of rotatable bonds is 3. The first kappa shape index (κ1) is 11.0. The van der Waals surface area contributed by atoms with Gasteiger partial charge < -0.3 is 10.3 Å². The Bertz CT molecular complexity index is 567. The number of hydrogen-bond acceptors (Lipinski definition) is 4. The second-order valence-electron chi connectivity index (χ2n) is 3.30. The summed E-state index contributed by atoms with van der Waals surface area (Å²) in [5.74, 6) is 1.11. The fraction of sp³-hybridized carbons (Fsp3) is 0.200. The van der Waals surface area contributed by atoms with Crippen LogP contribution in [0.25, 0.3) is 5.53 Å². The van der Waals surface area contributed by atoms with Crippen molar-refractivity contribution in [3.05, 3.63) is 41.2 Å². The molecule has 0 radical (unpaired) electrons. The highest BCUT2D eigenvalue weighted by Gasteiger charge is 2.21. The molecular formula is C10H10N6O. The van der Waals surface area contributed by atoms with Crippen molar-refractivity contribution in [1.82, 2.24) is 20.2 Å². The standard InChI is InChI=1S/C10H10N6O/c1-16-10(13-14-15-16)9(12-11)7-3-5-8(17-2)6-4-7/h3-6H,1-2H3. The molecule has 86 valence electrons. The zero-order valence-corrected chi connectivity index (χ0v) is 9.40. The molecule has 17 heavy (non-hydrogen) atoms. The van der Waals surface area contributed by atoms with E-state index in [1.54, 1.807) is 38.4 Å². The third-order valence-electron chi connectivity index (χ3n) is 2.30. The second-order valence-corrected chi connectivity index (χ2v) is 3.30. The predicted octanol–water partition coefficient (Wildman–Crippen LogP) is 0.286. The summed E-state index contributed by atoms with van der Waals surface area (Å²) in [5.41, 5.74) is 10.1. The molecule has 1 heterocycles. The van der Waals surface area contributed by atoms with Gasteiger partial charge in [0.1, 0.15) is 5.75 Å². The fourth-order valence-electron chi connectivity index (χ4n) is 1.41. The van der Waals surface area contributed by atoms with Crippen LogP contribution in [0, 0.1) is 0 Å². The largest absolute Gasteiger partial charge is 0.497 e. The molecule has 0 aliphatic heterocycles. The van der Waals surface area contributed by atoms with E-state index in [-0.39, 0.29) is 0 Å². The van der Waals surface area contributed by atoms with Gasteiger partial charge in [0.25, 0.3) is 5.82 Å². The van der Waals surface area contributed by atoms with E-state index in [0.717, 1.165) is 5.75 Å². The maximum Gasteiger partial charge on any atom is 0.368 e. The maximum absolute atomic E-state index is 9.05. The van der Waals surface area contributed by atoms with Crippen molar-refractivity contribution in [3.8, 4) is 5.75 Å². The summed E-state index contributed by atoms with van der Waals surface area (Å²) in [6, 6.07) is 7.07. The van der Waals surface area contributed by atoms with E-state index < -0.39 is 0 Å². The third-order valence-corrected chi connectivity index (χ3v) is 2.30. The summed E-state index contributed by atoms with van der Waals surface area (Å²) >= 11 is 0. The van der Waals surface area contributed by atoms with Gasteiger partial charge in [-0.25, -0.2) is 4.68 Å². The molecule has 0 atom stereocenters. The molecule has 0 fully saturated rings. The number of aryl methyl sites for hydroxylation is 1. The van der Waals surface area contributed by atoms with Gasteiger partial charge in [-0.05, 0) is 34.7 Å². The van der Waals surface area contributed by atoms with Gasteiger partial charge in [-0.1, -0.05) is 0 Å². The molecule has 0 amide bonds. The minimum absolute atomic E-state index is 0.306. The molecule has 0 aliphatic carbocycles.